The van der Waals surface area contributed by atoms with Gasteiger partial charge in [-0.3, -0.25) is 4.79 Å². The molecule has 0 heterocycles. The van der Waals surface area contributed by atoms with Crippen LogP contribution in [0.3, 0.4) is 0 Å². The van der Waals surface area contributed by atoms with E-state index in [-0.39, 0.29) is 0 Å². The summed E-state index contributed by atoms with van der Waals surface area (Å²) < 4.78 is 0. The predicted molar refractivity (Wildman–Crippen MR) is 30.4 cm³/mol. The quantitative estimate of drug-likeness (QED) is 0.522. The third-order valence-electron chi connectivity index (χ3n) is 2.39. The number of hydrogen-bond acceptors (Lipinski definition) is 1. The SMILES string of the molecule is CCC(=O)C1C2CC21. The Hall–Kier alpha value is -0.330. The molecule has 44 valence electrons. The molecule has 2 aliphatic carbocycles. The second-order valence-electron chi connectivity index (χ2n) is 2.91. The monoisotopic (exact) mass is 110 g/mol. The lowest BCUT2D eigenvalue weighted by atomic mass is 10.1. The molecule has 2 rings (SSSR count). The summed E-state index contributed by atoms with van der Waals surface area (Å²) in [6.45, 7) is 1.96. The molecule has 0 aliphatic heterocycles. The van der Waals surface area contributed by atoms with Crippen molar-refractivity contribution in [3.63, 3.8) is 0 Å². The third-order valence-corrected chi connectivity index (χ3v) is 2.39. The molecule has 0 aromatic carbocycles. The third kappa shape index (κ3) is 0.396. The van der Waals surface area contributed by atoms with Gasteiger partial charge in [0.2, 0.25) is 0 Å². The van der Waals surface area contributed by atoms with Gasteiger partial charge in [0.15, 0.2) is 0 Å². The summed E-state index contributed by atoms with van der Waals surface area (Å²) in [4.78, 5) is 10.8. The summed E-state index contributed by atoms with van der Waals surface area (Å²) in [5, 5.41) is 0. The van der Waals surface area contributed by atoms with Gasteiger partial charge in [-0.2, -0.15) is 0 Å². The number of hydrogen-bond donors (Lipinski definition) is 0. The van der Waals surface area contributed by atoms with Crippen molar-refractivity contribution in [1.29, 1.82) is 0 Å². The smallest absolute Gasteiger partial charge is 0.136 e. The second kappa shape index (κ2) is 1.15. The predicted octanol–water partition coefficient (Wildman–Crippen LogP) is 1.23. The van der Waals surface area contributed by atoms with E-state index in [1.54, 1.807) is 0 Å². The number of carbonyl (C=O) groups excluding carboxylic acids is 1. The zero-order chi connectivity index (χ0) is 5.72. The Labute approximate surface area is 49.1 Å². The molecule has 2 saturated carbocycles. The fourth-order valence-electron chi connectivity index (χ4n) is 1.49. The fraction of sp³-hybridized carbons (Fsp3) is 0.857. The average Bonchev–Trinajstić information content (AvgIpc) is 2.47. The highest BCUT2D eigenvalue weighted by Gasteiger charge is 2.66. The topological polar surface area (TPSA) is 17.1 Å². The van der Waals surface area contributed by atoms with Crippen LogP contribution >= 0.6 is 0 Å². The lowest BCUT2D eigenvalue weighted by Gasteiger charge is -1.95. The van der Waals surface area contributed by atoms with Gasteiger partial charge in [0.1, 0.15) is 5.78 Å². The first-order chi connectivity index (χ1) is 3.84. The van der Waals surface area contributed by atoms with Crippen LogP contribution < -0.4 is 0 Å². The average molecular weight is 110 g/mol. The zero-order valence-corrected chi connectivity index (χ0v) is 5.05. The van der Waals surface area contributed by atoms with Crippen molar-refractivity contribution in [1.82, 2.24) is 0 Å². The number of rotatable bonds is 2. The largest absolute Gasteiger partial charge is 0.299 e. The number of Topliss-reactive ketones (excluding diaryl/α,β-unsaturated/α-hetero) is 1. The highest BCUT2D eigenvalue weighted by Crippen LogP contribution is 2.68. The maximum Gasteiger partial charge on any atom is 0.136 e. The summed E-state index contributed by atoms with van der Waals surface area (Å²) in [5.41, 5.74) is 0. The molecule has 1 nitrogen and oxygen atoms in total. The van der Waals surface area contributed by atoms with Crippen LogP contribution in [0.1, 0.15) is 19.8 Å². The molecular weight excluding hydrogens is 100 g/mol. The Morgan fingerprint density at radius 1 is 1.62 bits per heavy atom. The highest BCUT2D eigenvalue weighted by molar-refractivity contribution is 5.85. The molecule has 2 atom stereocenters. The lowest BCUT2D eigenvalue weighted by Crippen LogP contribution is -2.04. The van der Waals surface area contributed by atoms with Gasteiger partial charge in [-0.15, -0.1) is 0 Å². The van der Waals surface area contributed by atoms with Crippen LogP contribution in [0.15, 0.2) is 0 Å². The van der Waals surface area contributed by atoms with E-state index in [1.165, 1.54) is 6.42 Å². The second-order valence-corrected chi connectivity index (χ2v) is 2.91. The van der Waals surface area contributed by atoms with Crippen LogP contribution in [0.4, 0.5) is 0 Å². The molecule has 8 heavy (non-hydrogen) atoms. The molecule has 0 spiro atoms. The van der Waals surface area contributed by atoms with Gasteiger partial charge < -0.3 is 0 Å². The zero-order valence-electron chi connectivity index (χ0n) is 5.05. The molecule has 2 aliphatic rings. The van der Waals surface area contributed by atoms with Gasteiger partial charge in [0.05, 0.1) is 0 Å². The van der Waals surface area contributed by atoms with Crippen molar-refractivity contribution < 1.29 is 4.79 Å². The summed E-state index contributed by atoms with van der Waals surface area (Å²) >= 11 is 0. The van der Waals surface area contributed by atoms with Crippen molar-refractivity contribution in [3.05, 3.63) is 0 Å². The molecule has 1 heteroatoms. The summed E-state index contributed by atoms with van der Waals surface area (Å²) in [6.07, 6.45) is 2.12. The molecule has 0 bridgehead atoms. The van der Waals surface area contributed by atoms with Crippen LogP contribution in [0.2, 0.25) is 0 Å². The number of fused-ring (bicyclic) bond motifs is 1. The first-order valence-corrected chi connectivity index (χ1v) is 3.37. The molecule has 0 aromatic rings. The van der Waals surface area contributed by atoms with E-state index in [0.717, 1.165) is 18.3 Å². The van der Waals surface area contributed by atoms with Crippen molar-refractivity contribution in [2.24, 2.45) is 17.8 Å². The Morgan fingerprint density at radius 3 is 2.38 bits per heavy atom. The molecule has 0 radical (unpaired) electrons. The van der Waals surface area contributed by atoms with E-state index in [1.807, 2.05) is 6.92 Å². The van der Waals surface area contributed by atoms with E-state index >= 15 is 0 Å². The Kier molecular flexibility index (Phi) is 0.651. The van der Waals surface area contributed by atoms with Crippen LogP contribution in [0, 0.1) is 17.8 Å². The maximum absolute atomic E-state index is 10.8. The summed E-state index contributed by atoms with van der Waals surface area (Å²) in [6, 6.07) is 0. The van der Waals surface area contributed by atoms with Crippen molar-refractivity contribution in [3.8, 4) is 0 Å². The van der Waals surface area contributed by atoms with Gasteiger partial charge in [0, 0.05) is 12.3 Å². The minimum Gasteiger partial charge on any atom is -0.299 e. The van der Waals surface area contributed by atoms with E-state index in [0.29, 0.717) is 11.7 Å². The van der Waals surface area contributed by atoms with Crippen LogP contribution in [0.25, 0.3) is 0 Å². The van der Waals surface area contributed by atoms with Gasteiger partial charge >= 0.3 is 0 Å². The van der Waals surface area contributed by atoms with E-state index in [4.69, 9.17) is 0 Å². The standard InChI is InChI=1S/C7H10O/c1-2-6(8)7-4-3-5(4)7/h4-5,7H,2-3H2,1H3. The number of carbonyl (C=O) groups is 1. The van der Waals surface area contributed by atoms with Gasteiger partial charge in [-0.25, -0.2) is 0 Å². The Balaban J connectivity index is 1.91. The highest BCUT2D eigenvalue weighted by atomic mass is 16.1. The molecule has 0 aromatic heterocycles. The fourth-order valence-corrected chi connectivity index (χ4v) is 1.49. The molecule has 0 N–H and O–H groups in total. The van der Waals surface area contributed by atoms with Gasteiger partial charge in [0.25, 0.3) is 0 Å². The molecule has 0 amide bonds. The van der Waals surface area contributed by atoms with E-state index < -0.39 is 0 Å². The van der Waals surface area contributed by atoms with E-state index in [9.17, 15) is 4.79 Å². The Morgan fingerprint density at radius 2 is 2.25 bits per heavy atom. The summed E-state index contributed by atoms with van der Waals surface area (Å²) in [5.74, 6) is 2.77. The van der Waals surface area contributed by atoms with Crippen molar-refractivity contribution in [2.75, 3.05) is 0 Å². The summed E-state index contributed by atoms with van der Waals surface area (Å²) in [7, 11) is 0. The normalized spacial score (nSPS) is 47.9. The molecule has 0 saturated heterocycles. The number of ketones is 1. The maximum atomic E-state index is 10.8. The molecule has 2 unspecified atom stereocenters. The minimum absolute atomic E-state index is 0.506. The minimum atomic E-state index is 0.506. The van der Waals surface area contributed by atoms with Crippen molar-refractivity contribution >= 4 is 5.78 Å². The van der Waals surface area contributed by atoms with Crippen LogP contribution in [-0.4, -0.2) is 5.78 Å². The van der Waals surface area contributed by atoms with Gasteiger partial charge in [-0.05, 0) is 18.3 Å². The van der Waals surface area contributed by atoms with Crippen LogP contribution in [0.5, 0.6) is 0 Å². The lowest BCUT2D eigenvalue weighted by molar-refractivity contribution is -0.121. The van der Waals surface area contributed by atoms with Crippen LogP contribution in [-0.2, 0) is 4.79 Å². The van der Waals surface area contributed by atoms with Crippen molar-refractivity contribution in [2.45, 2.75) is 19.8 Å². The molecule has 2 fully saturated rings. The first kappa shape index (κ1) is 4.54. The molecular formula is C7H10O. The van der Waals surface area contributed by atoms with Gasteiger partial charge in [-0.1, -0.05) is 6.92 Å². The van der Waals surface area contributed by atoms with E-state index in [2.05, 4.69) is 0 Å². The first-order valence-electron chi connectivity index (χ1n) is 3.37. The Bertz CT molecular complexity index is 131.